The highest BCUT2D eigenvalue weighted by Gasteiger charge is 2.32. The van der Waals surface area contributed by atoms with E-state index in [4.69, 9.17) is 11.6 Å². The van der Waals surface area contributed by atoms with Crippen LogP contribution >= 0.6 is 23.4 Å². The quantitative estimate of drug-likeness (QED) is 0.633. The number of benzene rings is 1. The molecule has 2 rings (SSSR count). The second-order valence-corrected chi connectivity index (χ2v) is 6.22. The molecular weight excluding hydrogens is 304 g/mol. The Morgan fingerprint density at radius 1 is 1.55 bits per heavy atom. The summed E-state index contributed by atoms with van der Waals surface area (Å²) in [5.74, 6) is -0.117. The zero-order valence-electron chi connectivity index (χ0n) is 10.5. The molecule has 0 saturated carbocycles. The minimum absolute atomic E-state index is 0.0111. The number of anilines is 1. The molecule has 1 aromatic carbocycles. The first-order valence-electron chi connectivity index (χ1n) is 5.80. The molecule has 20 heavy (non-hydrogen) atoms. The monoisotopic (exact) mass is 314 g/mol. The van der Waals surface area contributed by atoms with Gasteiger partial charge in [0.25, 0.3) is 5.69 Å². The lowest BCUT2D eigenvalue weighted by Crippen LogP contribution is -2.24. The Bertz CT molecular complexity index is 593. The molecule has 0 bridgehead atoms. The maximum atomic E-state index is 11.9. The SMILES string of the molecule is CC(=O)SC1CC(=O)N(c2ccc([N+](=O)[O-])c(Cl)c2)C1. The van der Waals surface area contributed by atoms with Gasteiger partial charge in [-0.1, -0.05) is 23.4 Å². The number of carbonyl (C=O) groups excluding carboxylic acids is 2. The molecule has 0 spiro atoms. The van der Waals surface area contributed by atoms with Crippen molar-refractivity contribution in [1.82, 2.24) is 0 Å². The van der Waals surface area contributed by atoms with Gasteiger partial charge in [-0.15, -0.1) is 0 Å². The van der Waals surface area contributed by atoms with Crippen molar-refractivity contribution < 1.29 is 14.5 Å². The van der Waals surface area contributed by atoms with Crippen LogP contribution in [0.2, 0.25) is 5.02 Å². The second kappa shape index (κ2) is 5.80. The molecule has 1 unspecified atom stereocenters. The van der Waals surface area contributed by atoms with Crippen molar-refractivity contribution in [1.29, 1.82) is 0 Å². The molecule has 1 aliphatic heterocycles. The summed E-state index contributed by atoms with van der Waals surface area (Å²) in [6.45, 7) is 1.86. The summed E-state index contributed by atoms with van der Waals surface area (Å²) in [4.78, 5) is 34.6. The predicted octanol–water partition coefficient (Wildman–Crippen LogP) is 2.63. The van der Waals surface area contributed by atoms with Crippen molar-refractivity contribution in [2.24, 2.45) is 0 Å². The van der Waals surface area contributed by atoms with E-state index in [0.29, 0.717) is 12.2 Å². The van der Waals surface area contributed by atoms with E-state index in [-0.39, 0.29) is 33.4 Å². The Labute approximate surface area is 124 Å². The van der Waals surface area contributed by atoms with Crippen molar-refractivity contribution in [3.63, 3.8) is 0 Å². The van der Waals surface area contributed by atoms with Gasteiger partial charge < -0.3 is 4.90 Å². The number of thioether (sulfide) groups is 1. The molecule has 1 aliphatic rings. The summed E-state index contributed by atoms with van der Waals surface area (Å²) in [5.41, 5.74) is 0.314. The summed E-state index contributed by atoms with van der Waals surface area (Å²) in [6, 6.07) is 4.16. The number of nitro groups is 1. The fourth-order valence-corrected chi connectivity index (χ4v) is 3.21. The summed E-state index contributed by atoms with van der Waals surface area (Å²) in [5, 5.41) is 10.6. The topological polar surface area (TPSA) is 80.5 Å². The Balaban J connectivity index is 2.20. The highest BCUT2D eigenvalue weighted by atomic mass is 35.5. The van der Waals surface area contributed by atoms with Gasteiger partial charge in [0.15, 0.2) is 5.12 Å². The van der Waals surface area contributed by atoms with Crippen LogP contribution in [0, 0.1) is 10.1 Å². The molecule has 0 aliphatic carbocycles. The Hall–Kier alpha value is -1.60. The molecule has 0 radical (unpaired) electrons. The number of rotatable bonds is 3. The van der Waals surface area contributed by atoms with Gasteiger partial charge in [0.1, 0.15) is 5.02 Å². The molecule has 1 heterocycles. The lowest BCUT2D eigenvalue weighted by molar-refractivity contribution is -0.384. The third-order valence-corrected chi connectivity index (χ3v) is 4.15. The number of hydrogen-bond acceptors (Lipinski definition) is 5. The average molecular weight is 315 g/mol. The maximum Gasteiger partial charge on any atom is 0.288 e. The van der Waals surface area contributed by atoms with Crippen LogP contribution in [0.25, 0.3) is 0 Å². The minimum atomic E-state index is -0.577. The first kappa shape index (κ1) is 14.8. The molecular formula is C12H11ClN2O4S. The summed E-state index contributed by atoms with van der Waals surface area (Å²) in [7, 11) is 0. The maximum absolute atomic E-state index is 11.9. The van der Waals surface area contributed by atoms with Crippen LogP contribution in [-0.4, -0.2) is 27.7 Å². The van der Waals surface area contributed by atoms with Crippen LogP contribution < -0.4 is 4.90 Å². The van der Waals surface area contributed by atoms with E-state index in [2.05, 4.69) is 0 Å². The van der Waals surface area contributed by atoms with Gasteiger partial charge in [0.05, 0.1) is 4.92 Å². The summed E-state index contributed by atoms with van der Waals surface area (Å²) < 4.78 is 0. The molecule has 0 aromatic heterocycles. The van der Waals surface area contributed by atoms with Crippen LogP contribution in [0.15, 0.2) is 18.2 Å². The predicted molar refractivity (Wildman–Crippen MR) is 77.1 cm³/mol. The molecule has 1 atom stereocenters. The highest BCUT2D eigenvalue weighted by molar-refractivity contribution is 8.14. The van der Waals surface area contributed by atoms with Crippen molar-refractivity contribution >= 4 is 45.8 Å². The van der Waals surface area contributed by atoms with Gasteiger partial charge in [-0.3, -0.25) is 19.7 Å². The largest absolute Gasteiger partial charge is 0.311 e. The van der Waals surface area contributed by atoms with Gasteiger partial charge in [-0.25, -0.2) is 0 Å². The Kier molecular flexibility index (Phi) is 4.29. The number of nitrogens with zero attached hydrogens (tertiary/aromatic N) is 2. The molecule has 6 nitrogen and oxygen atoms in total. The average Bonchev–Trinajstić information content (AvgIpc) is 2.68. The molecule has 1 saturated heterocycles. The van der Waals surface area contributed by atoms with Crippen molar-refractivity contribution in [3.05, 3.63) is 33.3 Å². The number of halogens is 1. The first-order valence-corrected chi connectivity index (χ1v) is 7.05. The standard InChI is InChI=1S/C12H11ClN2O4S/c1-7(16)20-9-5-12(17)14(6-9)8-2-3-11(15(18)19)10(13)4-8/h2-4,9H,5-6H2,1H3. The highest BCUT2D eigenvalue weighted by Crippen LogP contribution is 2.33. The van der Waals surface area contributed by atoms with E-state index >= 15 is 0 Å². The molecule has 1 fully saturated rings. The fraction of sp³-hybridized carbons (Fsp3) is 0.333. The molecule has 0 N–H and O–H groups in total. The van der Waals surface area contributed by atoms with Gasteiger partial charge in [-0.2, -0.15) is 0 Å². The Morgan fingerprint density at radius 3 is 2.80 bits per heavy atom. The second-order valence-electron chi connectivity index (χ2n) is 4.33. The molecule has 106 valence electrons. The van der Waals surface area contributed by atoms with E-state index in [1.165, 1.54) is 30.0 Å². The van der Waals surface area contributed by atoms with E-state index in [1.54, 1.807) is 0 Å². The third-order valence-electron chi connectivity index (χ3n) is 2.86. The minimum Gasteiger partial charge on any atom is -0.311 e. The zero-order chi connectivity index (χ0) is 14.9. The molecule has 1 amide bonds. The number of hydrogen-bond donors (Lipinski definition) is 0. The zero-order valence-corrected chi connectivity index (χ0v) is 12.1. The molecule has 8 heteroatoms. The van der Waals surface area contributed by atoms with Gasteiger partial charge in [-0.05, 0) is 12.1 Å². The first-order chi connectivity index (χ1) is 9.38. The van der Waals surface area contributed by atoms with E-state index in [1.807, 2.05) is 0 Å². The number of amides is 1. The summed E-state index contributed by atoms with van der Waals surface area (Å²) in [6.07, 6.45) is 0.277. The van der Waals surface area contributed by atoms with Gasteiger partial charge >= 0.3 is 0 Å². The van der Waals surface area contributed by atoms with Crippen molar-refractivity contribution in [2.45, 2.75) is 18.6 Å². The van der Waals surface area contributed by atoms with Crippen LogP contribution in [0.1, 0.15) is 13.3 Å². The normalized spacial score (nSPS) is 18.4. The smallest absolute Gasteiger partial charge is 0.288 e. The summed E-state index contributed by atoms with van der Waals surface area (Å²) >= 11 is 6.97. The Morgan fingerprint density at radius 2 is 2.25 bits per heavy atom. The fourth-order valence-electron chi connectivity index (χ4n) is 2.05. The van der Waals surface area contributed by atoms with Crippen LogP contribution in [0.3, 0.4) is 0 Å². The van der Waals surface area contributed by atoms with Gasteiger partial charge in [0.2, 0.25) is 5.91 Å². The van der Waals surface area contributed by atoms with E-state index < -0.39 is 4.92 Å². The van der Waals surface area contributed by atoms with E-state index in [9.17, 15) is 19.7 Å². The molecule has 1 aromatic rings. The third kappa shape index (κ3) is 3.10. The van der Waals surface area contributed by atoms with E-state index in [0.717, 1.165) is 11.8 Å². The van der Waals surface area contributed by atoms with Crippen molar-refractivity contribution in [3.8, 4) is 0 Å². The van der Waals surface area contributed by atoms with Crippen LogP contribution in [-0.2, 0) is 9.59 Å². The van der Waals surface area contributed by atoms with Crippen LogP contribution in [0.5, 0.6) is 0 Å². The number of carbonyl (C=O) groups is 2. The van der Waals surface area contributed by atoms with Crippen molar-refractivity contribution in [2.75, 3.05) is 11.4 Å². The van der Waals surface area contributed by atoms with Gasteiger partial charge in [0, 0.05) is 36.9 Å². The van der Waals surface area contributed by atoms with Crippen LogP contribution in [0.4, 0.5) is 11.4 Å². The number of nitro benzene ring substituents is 1. The lowest BCUT2D eigenvalue weighted by Gasteiger charge is -2.16. The lowest BCUT2D eigenvalue weighted by atomic mass is 10.2.